The Hall–Kier alpha value is -1.34. The number of aromatic amines is 1. The fraction of sp³-hybridized carbons (Fsp3) is 0.643. The predicted octanol–water partition coefficient (Wildman–Crippen LogP) is 2.19. The fourth-order valence-corrected chi connectivity index (χ4v) is 4.88. The van der Waals surface area contributed by atoms with Gasteiger partial charge in [-0.3, -0.25) is 0 Å². The summed E-state index contributed by atoms with van der Waals surface area (Å²) in [6.07, 6.45) is 2.58. The second-order valence-electron chi connectivity index (χ2n) is 6.61. The SMILES string of the molecule is Cc1[nH]c(C(=O)O)c(C)c1S(=O)(=O)NC1CCC(C)(C)C1. The van der Waals surface area contributed by atoms with Gasteiger partial charge < -0.3 is 10.1 Å². The first-order valence-electron chi connectivity index (χ1n) is 6.98. The van der Waals surface area contributed by atoms with Crippen molar-refractivity contribution in [2.45, 2.75) is 57.9 Å². The van der Waals surface area contributed by atoms with Crippen molar-refractivity contribution in [3.63, 3.8) is 0 Å². The lowest BCUT2D eigenvalue weighted by molar-refractivity contribution is 0.0690. The third-order valence-electron chi connectivity index (χ3n) is 4.14. The first-order valence-corrected chi connectivity index (χ1v) is 8.46. The van der Waals surface area contributed by atoms with Crippen LogP contribution in [0.1, 0.15) is 54.9 Å². The Morgan fingerprint density at radius 1 is 1.38 bits per heavy atom. The zero-order chi connectivity index (χ0) is 16.0. The first-order chi connectivity index (χ1) is 9.53. The van der Waals surface area contributed by atoms with E-state index in [1.54, 1.807) is 6.92 Å². The van der Waals surface area contributed by atoms with Crippen molar-refractivity contribution < 1.29 is 18.3 Å². The molecule has 1 atom stereocenters. The molecule has 1 aromatic heterocycles. The fourth-order valence-electron chi connectivity index (χ4n) is 3.16. The Balaban J connectivity index is 2.31. The lowest BCUT2D eigenvalue weighted by atomic mass is 9.92. The van der Waals surface area contributed by atoms with Crippen molar-refractivity contribution >= 4 is 16.0 Å². The van der Waals surface area contributed by atoms with Gasteiger partial charge in [-0.25, -0.2) is 17.9 Å². The third-order valence-corrected chi connectivity index (χ3v) is 5.94. The van der Waals surface area contributed by atoms with Gasteiger partial charge in [0.15, 0.2) is 0 Å². The summed E-state index contributed by atoms with van der Waals surface area (Å²) in [5.41, 5.74) is 0.681. The van der Waals surface area contributed by atoms with Crippen LogP contribution in [0.15, 0.2) is 4.90 Å². The van der Waals surface area contributed by atoms with E-state index >= 15 is 0 Å². The van der Waals surface area contributed by atoms with Gasteiger partial charge in [-0.2, -0.15) is 0 Å². The van der Waals surface area contributed by atoms with E-state index in [2.05, 4.69) is 23.6 Å². The lowest BCUT2D eigenvalue weighted by Gasteiger charge is -2.18. The molecule has 0 aliphatic heterocycles. The molecule has 1 heterocycles. The van der Waals surface area contributed by atoms with E-state index in [1.165, 1.54) is 6.92 Å². The number of carboxylic acids is 1. The van der Waals surface area contributed by atoms with E-state index in [-0.39, 0.29) is 27.6 Å². The minimum Gasteiger partial charge on any atom is -0.477 e. The van der Waals surface area contributed by atoms with Crippen molar-refractivity contribution in [3.05, 3.63) is 17.0 Å². The van der Waals surface area contributed by atoms with Gasteiger partial charge in [0.1, 0.15) is 10.6 Å². The molecule has 1 aliphatic rings. The van der Waals surface area contributed by atoms with Crippen LogP contribution >= 0.6 is 0 Å². The maximum Gasteiger partial charge on any atom is 0.352 e. The number of nitrogens with one attached hydrogen (secondary N) is 2. The summed E-state index contributed by atoms with van der Waals surface area (Å²) >= 11 is 0. The molecule has 1 unspecified atom stereocenters. The Labute approximate surface area is 125 Å². The van der Waals surface area contributed by atoms with Crippen LogP contribution in [0.4, 0.5) is 0 Å². The molecule has 2 rings (SSSR count). The molecule has 21 heavy (non-hydrogen) atoms. The zero-order valence-corrected chi connectivity index (χ0v) is 13.6. The van der Waals surface area contributed by atoms with Crippen LogP contribution in [0.3, 0.4) is 0 Å². The number of carbonyl (C=O) groups is 1. The molecule has 6 nitrogen and oxygen atoms in total. The van der Waals surface area contributed by atoms with Gasteiger partial charge in [0.25, 0.3) is 0 Å². The number of aromatic carboxylic acids is 1. The molecule has 7 heteroatoms. The number of hydrogen-bond donors (Lipinski definition) is 3. The van der Waals surface area contributed by atoms with Crippen LogP contribution in [0.5, 0.6) is 0 Å². The first kappa shape index (κ1) is 16.0. The van der Waals surface area contributed by atoms with Crippen molar-refractivity contribution in [2.24, 2.45) is 5.41 Å². The maximum atomic E-state index is 12.6. The highest BCUT2D eigenvalue weighted by Gasteiger charge is 2.35. The number of sulfonamides is 1. The minimum absolute atomic E-state index is 0.0598. The second kappa shape index (κ2) is 5.14. The van der Waals surface area contributed by atoms with Gasteiger partial charge in [-0.15, -0.1) is 0 Å². The summed E-state index contributed by atoms with van der Waals surface area (Å²) in [6.45, 7) is 7.33. The molecule has 1 aliphatic carbocycles. The molecule has 3 N–H and O–H groups in total. The number of aryl methyl sites for hydroxylation is 1. The van der Waals surface area contributed by atoms with E-state index in [0.717, 1.165) is 19.3 Å². The van der Waals surface area contributed by atoms with Crippen molar-refractivity contribution in [3.8, 4) is 0 Å². The average molecular weight is 314 g/mol. The van der Waals surface area contributed by atoms with Gasteiger partial charge in [0.2, 0.25) is 10.0 Å². The molecule has 1 saturated carbocycles. The zero-order valence-electron chi connectivity index (χ0n) is 12.8. The van der Waals surface area contributed by atoms with E-state index in [1.807, 2.05) is 0 Å². The van der Waals surface area contributed by atoms with Gasteiger partial charge in [-0.1, -0.05) is 13.8 Å². The Morgan fingerprint density at radius 2 is 2.00 bits per heavy atom. The highest BCUT2D eigenvalue weighted by Crippen LogP contribution is 2.37. The minimum atomic E-state index is -3.71. The summed E-state index contributed by atoms with van der Waals surface area (Å²) in [4.78, 5) is 13.8. The summed E-state index contributed by atoms with van der Waals surface area (Å²) in [6, 6.07) is -0.0908. The molecule has 0 amide bonds. The molecule has 1 fully saturated rings. The van der Waals surface area contributed by atoms with Crippen LogP contribution < -0.4 is 4.72 Å². The quantitative estimate of drug-likeness (QED) is 0.793. The third kappa shape index (κ3) is 3.13. The van der Waals surface area contributed by atoms with Gasteiger partial charge in [-0.05, 0) is 38.5 Å². The molecule has 0 saturated heterocycles. The Bertz CT molecular complexity index is 673. The van der Waals surface area contributed by atoms with Gasteiger partial charge in [0, 0.05) is 17.3 Å². The van der Waals surface area contributed by atoms with Crippen LogP contribution in [0, 0.1) is 19.3 Å². The summed E-state index contributed by atoms with van der Waals surface area (Å²) in [7, 11) is -3.71. The molecule has 0 bridgehead atoms. The standard InChI is InChI=1S/C14H22N2O4S/c1-8-11(13(17)18)15-9(2)12(8)21(19,20)16-10-5-6-14(3,4)7-10/h10,15-16H,5-7H2,1-4H3,(H,17,18). The monoisotopic (exact) mass is 314 g/mol. The van der Waals surface area contributed by atoms with E-state index in [0.29, 0.717) is 5.69 Å². The molecule has 1 aromatic rings. The van der Waals surface area contributed by atoms with E-state index < -0.39 is 16.0 Å². The largest absolute Gasteiger partial charge is 0.477 e. The maximum absolute atomic E-state index is 12.6. The Kier molecular flexibility index (Phi) is 3.92. The molecule has 0 aromatic carbocycles. The van der Waals surface area contributed by atoms with Crippen molar-refractivity contribution in [1.82, 2.24) is 9.71 Å². The normalized spacial score (nSPS) is 21.6. The van der Waals surface area contributed by atoms with Crippen LogP contribution in [0.2, 0.25) is 0 Å². The second-order valence-corrected chi connectivity index (χ2v) is 8.26. The number of H-pyrrole nitrogens is 1. The number of hydrogen-bond acceptors (Lipinski definition) is 3. The van der Waals surface area contributed by atoms with E-state index in [4.69, 9.17) is 5.11 Å². The lowest BCUT2D eigenvalue weighted by Crippen LogP contribution is -2.34. The van der Waals surface area contributed by atoms with Crippen LogP contribution in [0.25, 0.3) is 0 Å². The number of carboxylic acid groups (broad SMARTS) is 1. The van der Waals surface area contributed by atoms with E-state index in [9.17, 15) is 13.2 Å². The molecular formula is C14H22N2O4S. The van der Waals surface area contributed by atoms with Crippen LogP contribution in [-0.2, 0) is 10.0 Å². The Morgan fingerprint density at radius 3 is 2.43 bits per heavy atom. The number of aromatic nitrogens is 1. The average Bonchev–Trinajstić information content (AvgIpc) is 2.78. The van der Waals surface area contributed by atoms with Crippen molar-refractivity contribution in [1.29, 1.82) is 0 Å². The summed E-state index contributed by atoms with van der Waals surface area (Å²) in [5, 5.41) is 9.08. The molecule has 0 spiro atoms. The molecular weight excluding hydrogens is 292 g/mol. The molecule has 118 valence electrons. The predicted molar refractivity (Wildman–Crippen MR) is 79.0 cm³/mol. The van der Waals surface area contributed by atoms with Crippen LogP contribution in [-0.4, -0.2) is 30.5 Å². The summed E-state index contributed by atoms with van der Waals surface area (Å²) < 4.78 is 27.8. The summed E-state index contributed by atoms with van der Waals surface area (Å²) in [5.74, 6) is -1.15. The highest BCUT2D eigenvalue weighted by molar-refractivity contribution is 7.89. The van der Waals surface area contributed by atoms with Gasteiger partial charge >= 0.3 is 5.97 Å². The van der Waals surface area contributed by atoms with Gasteiger partial charge in [0.05, 0.1) is 0 Å². The van der Waals surface area contributed by atoms with Crippen molar-refractivity contribution in [2.75, 3.05) is 0 Å². The number of rotatable bonds is 4. The smallest absolute Gasteiger partial charge is 0.352 e. The molecule has 0 radical (unpaired) electrons. The highest BCUT2D eigenvalue weighted by atomic mass is 32.2. The topological polar surface area (TPSA) is 99.3 Å².